The Morgan fingerprint density at radius 2 is 1.64 bits per heavy atom. The van der Waals surface area contributed by atoms with Crippen LogP contribution in [0.5, 0.6) is 0 Å². The number of halogens is 1. The molecule has 0 heterocycles. The molecule has 0 aliphatic carbocycles. The minimum absolute atomic E-state index is 0.0944. The standard InChI is InChI=1S/C8H17IO2/c1-6(8(9,10)11)5-7(2,3)4/h6,10-11H,5H2,1-4H3. The van der Waals surface area contributed by atoms with Crippen molar-refractivity contribution in [2.45, 2.75) is 37.9 Å². The van der Waals surface area contributed by atoms with E-state index in [0.29, 0.717) is 0 Å². The molecule has 0 aliphatic heterocycles. The predicted molar refractivity (Wildman–Crippen MR) is 54.4 cm³/mol. The van der Waals surface area contributed by atoms with E-state index in [0.717, 1.165) is 6.42 Å². The Hall–Kier alpha value is 0.650. The Morgan fingerprint density at radius 1 is 1.27 bits per heavy atom. The van der Waals surface area contributed by atoms with Gasteiger partial charge in [-0.25, -0.2) is 0 Å². The summed E-state index contributed by atoms with van der Waals surface area (Å²) in [5, 5.41) is 18.4. The Bertz CT molecular complexity index is 121. The van der Waals surface area contributed by atoms with Crippen LogP contribution < -0.4 is 0 Å². The maximum absolute atomic E-state index is 9.19. The van der Waals surface area contributed by atoms with E-state index < -0.39 is 3.79 Å². The summed E-state index contributed by atoms with van der Waals surface area (Å²) < 4.78 is -1.56. The summed E-state index contributed by atoms with van der Waals surface area (Å²) in [7, 11) is 0. The van der Waals surface area contributed by atoms with Gasteiger partial charge in [0.05, 0.1) is 0 Å². The van der Waals surface area contributed by atoms with Crippen molar-refractivity contribution in [2.24, 2.45) is 11.3 Å². The average Bonchev–Trinajstić information content (AvgIpc) is 1.56. The minimum atomic E-state index is -1.56. The van der Waals surface area contributed by atoms with Crippen molar-refractivity contribution in [1.82, 2.24) is 0 Å². The SMILES string of the molecule is CC(CC(C)(C)C)C(O)(O)I. The molecule has 1 unspecified atom stereocenters. The smallest absolute Gasteiger partial charge is 0.219 e. The highest BCUT2D eigenvalue weighted by molar-refractivity contribution is 14.1. The summed E-state index contributed by atoms with van der Waals surface area (Å²) in [6.07, 6.45) is 0.808. The number of aliphatic hydroxyl groups is 2. The molecule has 0 saturated carbocycles. The molecule has 1 atom stereocenters. The molecule has 0 rings (SSSR count). The zero-order valence-electron chi connectivity index (χ0n) is 7.56. The molecule has 11 heavy (non-hydrogen) atoms. The minimum Gasteiger partial charge on any atom is -0.357 e. The van der Waals surface area contributed by atoms with E-state index >= 15 is 0 Å². The van der Waals surface area contributed by atoms with Crippen LogP contribution in [0.4, 0.5) is 0 Å². The van der Waals surface area contributed by atoms with Gasteiger partial charge in [0, 0.05) is 5.92 Å². The zero-order valence-corrected chi connectivity index (χ0v) is 9.71. The van der Waals surface area contributed by atoms with Gasteiger partial charge in [0.2, 0.25) is 3.79 Å². The Kier molecular flexibility index (Phi) is 3.79. The van der Waals surface area contributed by atoms with Crippen molar-refractivity contribution in [1.29, 1.82) is 0 Å². The van der Waals surface area contributed by atoms with Crippen molar-refractivity contribution in [3.8, 4) is 0 Å². The van der Waals surface area contributed by atoms with E-state index in [9.17, 15) is 10.2 Å². The summed E-state index contributed by atoms with van der Waals surface area (Å²) in [6.45, 7) is 8.11. The molecule has 0 aromatic rings. The van der Waals surface area contributed by atoms with Gasteiger partial charge in [-0.1, -0.05) is 27.7 Å². The number of hydrogen-bond donors (Lipinski definition) is 2. The second-order valence-electron chi connectivity index (χ2n) is 4.30. The van der Waals surface area contributed by atoms with Gasteiger partial charge in [-0.3, -0.25) is 0 Å². The van der Waals surface area contributed by atoms with Gasteiger partial charge in [0.25, 0.3) is 0 Å². The lowest BCUT2D eigenvalue weighted by atomic mass is 9.85. The molecule has 0 aliphatic rings. The molecule has 0 aromatic heterocycles. The molecule has 0 spiro atoms. The van der Waals surface area contributed by atoms with E-state index in [1.54, 1.807) is 22.6 Å². The topological polar surface area (TPSA) is 40.5 Å². The van der Waals surface area contributed by atoms with Crippen molar-refractivity contribution >= 4 is 22.6 Å². The molecule has 2 nitrogen and oxygen atoms in total. The third-order valence-electron chi connectivity index (χ3n) is 1.55. The van der Waals surface area contributed by atoms with Crippen molar-refractivity contribution in [3.63, 3.8) is 0 Å². The third-order valence-corrected chi connectivity index (χ3v) is 2.61. The number of rotatable bonds is 2. The monoisotopic (exact) mass is 272 g/mol. The van der Waals surface area contributed by atoms with Crippen LogP contribution in [0, 0.1) is 11.3 Å². The fourth-order valence-electron chi connectivity index (χ4n) is 1.05. The average molecular weight is 272 g/mol. The lowest BCUT2D eigenvalue weighted by Crippen LogP contribution is -2.31. The molecule has 0 bridgehead atoms. The van der Waals surface area contributed by atoms with Gasteiger partial charge in [-0.15, -0.1) is 0 Å². The van der Waals surface area contributed by atoms with Gasteiger partial charge in [0.1, 0.15) is 0 Å². The van der Waals surface area contributed by atoms with Crippen LogP contribution in [-0.4, -0.2) is 14.0 Å². The molecule has 0 amide bonds. The molecule has 68 valence electrons. The summed E-state index contributed by atoms with van der Waals surface area (Å²) in [5.74, 6) is -0.0944. The fraction of sp³-hybridized carbons (Fsp3) is 1.00. The summed E-state index contributed by atoms with van der Waals surface area (Å²) in [5.41, 5.74) is 0.154. The lowest BCUT2D eigenvalue weighted by molar-refractivity contribution is -0.105. The largest absolute Gasteiger partial charge is 0.357 e. The van der Waals surface area contributed by atoms with Gasteiger partial charge in [0.15, 0.2) is 0 Å². The fourth-order valence-corrected chi connectivity index (χ4v) is 1.27. The van der Waals surface area contributed by atoms with Gasteiger partial charge in [-0.2, -0.15) is 0 Å². The van der Waals surface area contributed by atoms with E-state index in [-0.39, 0.29) is 11.3 Å². The Balaban J connectivity index is 3.99. The third kappa shape index (κ3) is 5.87. The maximum Gasteiger partial charge on any atom is 0.219 e. The summed E-state index contributed by atoms with van der Waals surface area (Å²) >= 11 is 1.65. The molecule has 3 heteroatoms. The quantitative estimate of drug-likeness (QED) is 0.459. The Labute approximate surface area is 82.1 Å². The predicted octanol–water partition coefficient (Wildman–Crippen LogP) is 2.13. The van der Waals surface area contributed by atoms with Gasteiger partial charge < -0.3 is 10.2 Å². The van der Waals surface area contributed by atoms with E-state index in [1.807, 2.05) is 6.92 Å². The highest BCUT2D eigenvalue weighted by Crippen LogP contribution is 2.32. The highest BCUT2D eigenvalue weighted by Gasteiger charge is 2.30. The first-order valence-electron chi connectivity index (χ1n) is 3.76. The molecule has 0 aromatic carbocycles. The number of hydrogen-bond acceptors (Lipinski definition) is 2. The van der Waals surface area contributed by atoms with Crippen molar-refractivity contribution < 1.29 is 10.2 Å². The van der Waals surface area contributed by atoms with Crippen molar-refractivity contribution in [3.05, 3.63) is 0 Å². The van der Waals surface area contributed by atoms with E-state index in [4.69, 9.17) is 0 Å². The van der Waals surface area contributed by atoms with Crippen LogP contribution in [0.15, 0.2) is 0 Å². The second kappa shape index (κ2) is 3.58. The van der Waals surface area contributed by atoms with Crippen LogP contribution in [-0.2, 0) is 0 Å². The highest BCUT2D eigenvalue weighted by atomic mass is 127. The van der Waals surface area contributed by atoms with E-state index in [2.05, 4.69) is 20.8 Å². The van der Waals surface area contributed by atoms with Crippen LogP contribution >= 0.6 is 22.6 Å². The van der Waals surface area contributed by atoms with Crippen molar-refractivity contribution in [2.75, 3.05) is 0 Å². The van der Waals surface area contributed by atoms with Gasteiger partial charge in [-0.05, 0) is 34.4 Å². The molecular formula is C8H17IO2. The first-order valence-corrected chi connectivity index (χ1v) is 4.84. The summed E-state index contributed by atoms with van der Waals surface area (Å²) in [4.78, 5) is 0. The molecule has 0 fully saturated rings. The zero-order chi connectivity index (χ0) is 9.28. The van der Waals surface area contributed by atoms with Gasteiger partial charge >= 0.3 is 0 Å². The first-order chi connectivity index (χ1) is 4.63. The van der Waals surface area contributed by atoms with Crippen LogP contribution in [0.3, 0.4) is 0 Å². The first kappa shape index (κ1) is 11.6. The van der Waals surface area contributed by atoms with E-state index in [1.165, 1.54) is 0 Å². The van der Waals surface area contributed by atoms with Crippen LogP contribution in [0.2, 0.25) is 0 Å². The molecule has 0 saturated heterocycles. The van der Waals surface area contributed by atoms with Crippen LogP contribution in [0.1, 0.15) is 34.1 Å². The normalized spacial score (nSPS) is 16.6. The maximum atomic E-state index is 9.19. The summed E-state index contributed by atoms with van der Waals surface area (Å²) in [6, 6.07) is 0. The van der Waals surface area contributed by atoms with Crippen LogP contribution in [0.25, 0.3) is 0 Å². The second-order valence-corrected chi connectivity index (χ2v) is 5.89. The Morgan fingerprint density at radius 3 is 1.73 bits per heavy atom. The molecule has 0 radical (unpaired) electrons. The number of alkyl halides is 1. The molecular weight excluding hydrogens is 255 g/mol. The lowest BCUT2D eigenvalue weighted by Gasteiger charge is -2.28. The molecule has 2 N–H and O–H groups in total.